The van der Waals surface area contributed by atoms with E-state index in [0.717, 1.165) is 37.5 Å². The van der Waals surface area contributed by atoms with Crippen LogP contribution in [0.3, 0.4) is 0 Å². The van der Waals surface area contributed by atoms with Gasteiger partial charge < -0.3 is 15.3 Å². The summed E-state index contributed by atoms with van der Waals surface area (Å²) in [6.45, 7) is 9.89. The van der Waals surface area contributed by atoms with Gasteiger partial charge in [-0.25, -0.2) is 0 Å². The van der Waals surface area contributed by atoms with Crippen LogP contribution >= 0.6 is 0 Å². The highest BCUT2D eigenvalue weighted by atomic mass is 16.3. The summed E-state index contributed by atoms with van der Waals surface area (Å²) >= 11 is 0. The summed E-state index contributed by atoms with van der Waals surface area (Å²) in [5, 5.41) is 30.8. The molecule has 3 N–H and O–H groups in total. The van der Waals surface area contributed by atoms with E-state index in [0.29, 0.717) is 47.0 Å². The van der Waals surface area contributed by atoms with Crippen LogP contribution in [0, 0.1) is 52.3 Å². The zero-order valence-electron chi connectivity index (χ0n) is 20.0. The fourth-order valence-corrected chi connectivity index (χ4v) is 9.38. The summed E-state index contributed by atoms with van der Waals surface area (Å²) in [6, 6.07) is 0. The largest absolute Gasteiger partial charge is 0.396 e. The summed E-state index contributed by atoms with van der Waals surface area (Å²) < 4.78 is 0. The highest BCUT2D eigenvalue weighted by Gasteiger charge is 2.62. The van der Waals surface area contributed by atoms with E-state index in [-0.39, 0.29) is 12.2 Å². The van der Waals surface area contributed by atoms with Gasteiger partial charge >= 0.3 is 0 Å². The highest BCUT2D eigenvalue weighted by molar-refractivity contribution is 5.11. The van der Waals surface area contributed by atoms with Crippen LogP contribution in [0.4, 0.5) is 0 Å². The Hall–Kier alpha value is -0.120. The predicted molar refractivity (Wildman–Crippen MR) is 122 cm³/mol. The van der Waals surface area contributed by atoms with Gasteiger partial charge in [-0.2, -0.15) is 0 Å². The molecule has 4 fully saturated rings. The van der Waals surface area contributed by atoms with Crippen LogP contribution in [-0.2, 0) is 0 Å². The van der Waals surface area contributed by atoms with Gasteiger partial charge in [0.1, 0.15) is 0 Å². The average Bonchev–Trinajstić information content (AvgIpc) is 2.98. The lowest BCUT2D eigenvalue weighted by Gasteiger charge is -2.61. The van der Waals surface area contributed by atoms with Crippen LogP contribution in [0.15, 0.2) is 0 Å². The highest BCUT2D eigenvalue weighted by Crippen LogP contribution is 2.68. The first-order chi connectivity index (χ1) is 14.2. The van der Waals surface area contributed by atoms with E-state index in [1.54, 1.807) is 0 Å². The summed E-state index contributed by atoms with van der Waals surface area (Å²) in [5.41, 5.74) is 0.707. The molecule has 0 heterocycles. The molecule has 4 rings (SSSR count). The van der Waals surface area contributed by atoms with Gasteiger partial charge in [0.25, 0.3) is 0 Å². The van der Waals surface area contributed by atoms with Crippen LogP contribution in [0.1, 0.15) is 98.3 Å². The van der Waals surface area contributed by atoms with Crippen molar-refractivity contribution >= 4 is 0 Å². The van der Waals surface area contributed by atoms with Crippen LogP contribution in [0.25, 0.3) is 0 Å². The van der Waals surface area contributed by atoms with Gasteiger partial charge in [-0.3, -0.25) is 0 Å². The SMILES string of the molecule is C[C@@H](CO)CCC[C@H](C)[C@H]1[C@H](O)C[C@H]2[C@@H]3CC[C@H]4C[C@@H](O)CC[C@]4(C)[C@H]3CC[C@]12C. The molecule has 3 heteroatoms. The Labute approximate surface area is 185 Å². The van der Waals surface area contributed by atoms with E-state index in [2.05, 4.69) is 27.7 Å². The summed E-state index contributed by atoms with van der Waals surface area (Å²) in [4.78, 5) is 0. The molecule has 0 unspecified atom stereocenters. The van der Waals surface area contributed by atoms with Gasteiger partial charge in [-0.1, -0.05) is 40.5 Å². The van der Waals surface area contributed by atoms with Crippen LogP contribution < -0.4 is 0 Å². The molecule has 0 aromatic rings. The molecule has 0 aromatic carbocycles. The third-order valence-corrected chi connectivity index (χ3v) is 11.0. The van der Waals surface area contributed by atoms with Crippen molar-refractivity contribution in [2.75, 3.05) is 6.61 Å². The van der Waals surface area contributed by atoms with Crippen LogP contribution in [0.5, 0.6) is 0 Å². The first kappa shape index (κ1) is 23.1. The second kappa shape index (κ2) is 8.67. The van der Waals surface area contributed by atoms with E-state index in [9.17, 15) is 15.3 Å². The van der Waals surface area contributed by atoms with Crippen LogP contribution in [-0.4, -0.2) is 34.1 Å². The Morgan fingerprint density at radius 1 is 0.867 bits per heavy atom. The smallest absolute Gasteiger partial charge is 0.0579 e. The molecule has 4 aliphatic rings. The molecule has 0 bridgehead atoms. The maximum atomic E-state index is 11.3. The Morgan fingerprint density at radius 3 is 2.33 bits per heavy atom. The lowest BCUT2D eigenvalue weighted by molar-refractivity contribution is -0.130. The number of aliphatic hydroxyl groups is 3. The van der Waals surface area contributed by atoms with E-state index < -0.39 is 0 Å². The number of rotatable bonds is 6. The monoisotopic (exact) mass is 420 g/mol. The minimum Gasteiger partial charge on any atom is -0.396 e. The first-order valence-electron chi connectivity index (χ1n) is 13.2. The van der Waals surface area contributed by atoms with Crippen molar-refractivity contribution in [2.24, 2.45) is 52.3 Å². The quantitative estimate of drug-likeness (QED) is 0.538. The third kappa shape index (κ3) is 3.79. The predicted octanol–water partition coefficient (Wildman–Crippen LogP) is 5.41. The molecule has 174 valence electrons. The van der Waals surface area contributed by atoms with E-state index in [1.807, 2.05) is 0 Å². The van der Waals surface area contributed by atoms with Crippen molar-refractivity contribution < 1.29 is 15.3 Å². The maximum Gasteiger partial charge on any atom is 0.0579 e. The first-order valence-corrected chi connectivity index (χ1v) is 13.2. The van der Waals surface area contributed by atoms with Crippen LogP contribution in [0.2, 0.25) is 0 Å². The number of aliphatic hydroxyl groups excluding tert-OH is 3. The Balaban J connectivity index is 1.47. The molecule has 3 nitrogen and oxygen atoms in total. The van der Waals surface area contributed by atoms with Crippen molar-refractivity contribution in [3.05, 3.63) is 0 Å². The Morgan fingerprint density at radius 2 is 1.60 bits per heavy atom. The molecule has 0 saturated heterocycles. The molecule has 0 aromatic heterocycles. The molecule has 30 heavy (non-hydrogen) atoms. The standard InChI is InChI=1S/C27H48O3/c1-17(16-28)6-5-7-18(2)25-24(30)15-23-21-9-8-19-14-20(29)10-12-26(19,3)22(21)11-13-27(23,25)4/h17-25,28-30H,5-16H2,1-4H3/t17-,18+,19+,20+,21-,22+,23+,24-,25+,26+,27+/m1/s1. The van der Waals surface area contributed by atoms with Crippen molar-refractivity contribution in [1.82, 2.24) is 0 Å². The van der Waals surface area contributed by atoms with Crippen molar-refractivity contribution in [1.29, 1.82) is 0 Å². The molecule has 11 atom stereocenters. The Kier molecular flexibility index (Phi) is 6.66. The van der Waals surface area contributed by atoms with E-state index in [4.69, 9.17) is 0 Å². The minimum atomic E-state index is -0.136. The molecule has 0 aliphatic heterocycles. The second-order valence-corrected chi connectivity index (χ2v) is 12.7. The topological polar surface area (TPSA) is 60.7 Å². The molecule has 4 saturated carbocycles. The average molecular weight is 421 g/mol. The molecular weight excluding hydrogens is 372 g/mol. The van der Waals surface area contributed by atoms with E-state index in [1.165, 1.54) is 44.9 Å². The zero-order valence-corrected chi connectivity index (χ0v) is 20.0. The minimum absolute atomic E-state index is 0.0689. The summed E-state index contributed by atoms with van der Waals surface area (Å²) in [7, 11) is 0. The van der Waals surface area contributed by atoms with Gasteiger partial charge in [-0.05, 0) is 110 Å². The third-order valence-electron chi connectivity index (χ3n) is 11.0. The normalized spacial score (nSPS) is 50.3. The van der Waals surface area contributed by atoms with Gasteiger partial charge in [0.15, 0.2) is 0 Å². The van der Waals surface area contributed by atoms with Crippen molar-refractivity contribution in [3.8, 4) is 0 Å². The number of hydrogen-bond donors (Lipinski definition) is 3. The zero-order chi connectivity index (χ0) is 21.7. The number of fused-ring (bicyclic) bond motifs is 5. The maximum absolute atomic E-state index is 11.3. The van der Waals surface area contributed by atoms with Gasteiger partial charge in [0, 0.05) is 6.61 Å². The summed E-state index contributed by atoms with van der Waals surface area (Å²) in [6.07, 6.45) is 12.7. The molecule has 0 amide bonds. The number of hydrogen-bond acceptors (Lipinski definition) is 3. The molecule has 0 spiro atoms. The lowest BCUT2D eigenvalue weighted by Crippen LogP contribution is -2.54. The Bertz CT molecular complexity index is 593. The van der Waals surface area contributed by atoms with Gasteiger partial charge in [0.2, 0.25) is 0 Å². The lowest BCUT2D eigenvalue weighted by atomic mass is 9.44. The molecule has 0 radical (unpaired) electrons. The second-order valence-electron chi connectivity index (χ2n) is 12.7. The van der Waals surface area contributed by atoms with Crippen molar-refractivity contribution in [3.63, 3.8) is 0 Å². The fraction of sp³-hybridized carbons (Fsp3) is 1.00. The van der Waals surface area contributed by atoms with E-state index >= 15 is 0 Å². The fourth-order valence-electron chi connectivity index (χ4n) is 9.38. The van der Waals surface area contributed by atoms with Crippen molar-refractivity contribution in [2.45, 2.75) is 111 Å². The molecular formula is C27H48O3. The van der Waals surface area contributed by atoms with Gasteiger partial charge in [-0.15, -0.1) is 0 Å². The summed E-state index contributed by atoms with van der Waals surface area (Å²) in [5.74, 6) is 4.37. The van der Waals surface area contributed by atoms with Gasteiger partial charge in [0.05, 0.1) is 12.2 Å². The molecule has 4 aliphatic carbocycles.